The molecule has 1 aromatic heterocycles. The van der Waals surface area contributed by atoms with Crippen LogP contribution in [0.5, 0.6) is 11.6 Å². The van der Waals surface area contributed by atoms with E-state index in [4.69, 9.17) is 9.47 Å². The zero-order valence-corrected chi connectivity index (χ0v) is 11.2. The molecule has 2 rings (SSSR count). The Balaban J connectivity index is 2.91. The number of halogens is 1. The molecule has 2 aromatic rings. The second-order valence-electron chi connectivity index (χ2n) is 3.42. The smallest absolute Gasteiger partial charge is 0.372 e. The van der Waals surface area contributed by atoms with E-state index in [-0.39, 0.29) is 17.3 Å². The normalized spacial score (nSPS) is 10.4. The number of methoxy groups -OCH3 is 2. The second-order valence-corrected chi connectivity index (χ2v) is 4.34. The Morgan fingerprint density at radius 3 is 2.61 bits per heavy atom. The predicted octanol–water partition coefficient (Wildman–Crippen LogP) is 2.92. The molecule has 94 valence electrons. The van der Waals surface area contributed by atoms with Crippen LogP contribution in [-0.2, 0) is 0 Å². The van der Waals surface area contributed by atoms with Crippen molar-refractivity contribution in [1.29, 1.82) is 0 Å². The molecular weight excluding hydrogens is 304 g/mol. The Bertz CT molecular complexity index is 630. The fraction of sp³-hybridized carbons (Fsp3) is 0.182. The van der Waals surface area contributed by atoms with Gasteiger partial charge in [0.25, 0.3) is 5.88 Å². The van der Waals surface area contributed by atoms with E-state index in [0.29, 0.717) is 10.9 Å². The summed E-state index contributed by atoms with van der Waals surface area (Å²) in [6.07, 6.45) is 0. The van der Waals surface area contributed by atoms with Crippen LogP contribution >= 0.6 is 15.9 Å². The standard InChI is InChI=1S/C11H9BrN2O4/c1-17-10-7-5-6(12)3-4-8(7)13-11(18-2)9(10)14(15)16/h3-5H,1-2H3. The number of pyridine rings is 1. The molecule has 7 heteroatoms. The van der Waals surface area contributed by atoms with Crippen molar-refractivity contribution in [2.75, 3.05) is 14.2 Å². The van der Waals surface area contributed by atoms with Crippen molar-refractivity contribution in [3.63, 3.8) is 0 Å². The number of hydrogen-bond donors (Lipinski definition) is 0. The summed E-state index contributed by atoms with van der Waals surface area (Å²) in [5.74, 6) is 0.0785. The van der Waals surface area contributed by atoms with E-state index < -0.39 is 4.92 Å². The van der Waals surface area contributed by atoms with Gasteiger partial charge in [0.1, 0.15) is 0 Å². The lowest BCUT2D eigenvalue weighted by Gasteiger charge is -2.09. The fourth-order valence-corrected chi connectivity index (χ4v) is 2.05. The maximum absolute atomic E-state index is 11.1. The first-order valence-electron chi connectivity index (χ1n) is 4.94. The summed E-state index contributed by atoms with van der Waals surface area (Å²) in [6.45, 7) is 0. The summed E-state index contributed by atoms with van der Waals surface area (Å²) in [5, 5.41) is 11.6. The number of nitro groups is 1. The van der Waals surface area contributed by atoms with Crippen LogP contribution in [0, 0.1) is 10.1 Å². The van der Waals surface area contributed by atoms with Crippen molar-refractivity contribution in [2.45, 2.75) is 0 Å². The van der Waals surface area contributed by atoms with Crippen molar-refractivity contribution in [2.24, 2.45) is 0 Å². The average Bonchev–Trinajstić information content (AvgIpc) is 2.36. The largest absolute Gasteiger partial charge is 0.490 e. The zero-order chi connectivity index (χ0) is 13.3. The van der Waals surface area contributed by atoms with E-state index in [1.807, 2.05) is 0 Å². The summed E-state index contributed by atoms with van der Waals surface area (Å²) in [7, 11) is 2.71. The first-order chi connectivity index (χ1) is 8.58. The number of rotatable bonds is 3. The highest BCUT2D eigenvalue weighted by Crippen LogP contribution is 2.41. The van der Waals surface area contributed by atoms with Crippen molar-refractivity contribution >= 4 is 32.5 Å². The first-order valence-corrected chi connectivity index (χ1v) is 5.73. The topological polar surface area (TPSA) is 74.5 Å². The third kappa shape index (κ3) is 1.97. The molecule has 0 N–H and O–H groups in total. The van der Waals surface area contributed by atoms with Crippen molar-refractivity contribution in [1.82, 2.24) is 4.98 Å². The summed E-state index contributed by atoms with van der Waals surface area (Å²) in [4.78, 5) is 14.6. The summed E-state index contributed by atoms with van der Waals surface area (Å²) < 4.78 is 10.9. The maximum Gasteiger partial charge on any atom is 0.372 e. The molecule has 0 radical (unpaired) electrons. The fourth-order valence-electron chi connectivity index (χ4n) is 1.68. The minimum absolute atomic E-state index is 0.0633. The van der Waals surface area contributed by atoms with Gasteiger partial charge in [0.2, 0.25) is 5.75 Å². The molecular formula is C11H9BrN2O4. The first kappa shape index (κ1) is 12.6. The Kier molecular flexibility index (Phi) is 3.33. The molecule has 0 saturated carbocycles. The Morgan fingerprint density at radius 1 is 1.33 bits per heavy atom. The van der Waals surface area contributed by atoms with E-state index >= 15 is 0 Å². The maximum atomic E-state index is 11.1. The van der Waals surface area contributed by atoms with Gasteiger partial charge >= 0.3 is 5.69 Å². The number of ether oxygens (including phenoxy) is 2. The van der Waals surface area contributed by atoms with Gasteiger partial charge in [0.15, 0.2) is 0 Å². The van der Waals surface area contributed by atoms with E-state index in [9.17, 15) is 10.1 Å². The molecule has 6 nitrogen and oxygen atoms in total. The summed E-state index contributed by atoms with van der Waals surface area (Å²) in [5.41, 5.74) is 0.295. The van der Waals surface area contributed by atoms with Crippen LogP contribution < -0.4 is 9.47 Å². The van der Waals surface area contributed by atoms with Crippen molar-refractivity contribution < 1.29 is 14.4 Å². The lowest BCUT2D eigenvalue weighted by molar-refractivity contribution is -0.386. The van der Waals surface area contributed by atoms with Crippen LogP contribution in [0.4, 0.5) is 5.69 Å². The number of fused-ring (bicyclic) bond motifs is 1. The van der Waals surface area contributed by atoms with Gasteiger partial charge in [-0.3, -0.25) is 10.1 Å². The highest BCUT2D eigenvalue weighted by molar-refractivity contribution is 9.10. The van der Waals surface area contributed by atoms with Gasteiger partial charge in [-0.25, -0.2) is 4.98 Å². The molecule has 0 aliphatic rings. The number of aromatic nitrogens is 1. The van der Waals surface area contributed by atoms with Crippen LogP contribution in [0.2, 0.25) is 0 Å². The summed E-state index contributed by atoms with van der Waals surface area (Å²) in [6, 6.07) is 5.24. The van der Waals surface area contributed by atoms with Gasteiger partial charge in [-0.1, -0.05) is 15.9 Å². The lowest BCUT2D eigenvalue weighted by Crippen LogP contribution is -2.00. The number of nitrogens with zero attached hydrogens (tertiary/aromatic N) is 2. The molecule has 0 saturated heterocycles. The minimum atomic E-state index is -0.564. The van der Waals surface area contributed by atoms with Crippen LogP contribution in [0.3, 0.4) is 0 Å². The zero-order valence-electron chi connectivity index (χ0n) is 9.64. The molecule has 0 unspecified atom stereocenters. The van der Waals surface area contributed by atoms with Gasteiger partial charge in [-0.2, -0.15) is 0 Å². The Morgan fingerprint density at radius 2 is 2.06 bits per heavy atom. The molecule has 0 bridgehead atoms. The van der Waals surface area contributed by atoms with Crippen LogP contribution in [0.25, 0.3) is 10.9 Å². The SMILES string of the molecule is COc1nc2ccc(Br)cc2c(OC)c1[N+](=O)[O-]. The molecule has 0 amide bonds. The third-order valence-corrected chi connectivity index (χ3v) is 2.92. The Hall–Kier alpha value is -1.89. The van der Waals surface area contributed by atoms with Gasteiger partial charge in [-0.15, -0.1) is 0 Å². The monoisotopic (exact) mass is 312 g/mol. The lowest BCUT2D eigenvalue weighted by atomic mass is 10.2. The quantitative estimate of drug-likeness (QED) is 0.643. The second kappa shape index (κ2) is 4.77. The highest BCUT2D eigenvalue weighted by atomic mass is 79.9. The molecule has 18 heavy (non-hydrogen) atoms. The molecule has 1 heterocycles. The van der Waals surface area contributed by atoms with Crippen LogP contribution in [0.15, 0.2) is 22.7 Å². The van der Waals surface area contributed by atoms with Crippen LogP contribution in [-0.4, -0.2) is 24.1 Å². The predicted molar refractivity (Wildman–Crippen MR) is 69.2 cm³/mol. The Labute approximate surface area is 111 Å². The molecule has 0 atom stereocenters. The third-order valence-electron chi connectivity index (χ3n) is 2.42. The molecule has 0 aliphatic carbocycles. The highest BCUT2D eigenvalue weighted by Gasteiger charge is 2.26. The van der Waals surface area contributed by atoms with Gasteiger partial charge in [-0.05, 0) is 18.2 Å². The van der Waals surface area contributed by atoms with Crippen molar-refractivity contribution in [3.8, 4) is 11.6 Å². The summed E-state index contributed by atoms with van der Waals surface area (Å²) >= 11 is 3.31. The average molecular weight is 313 g/mol. The molecule has 0 spiro atoms. The number of benzene rings is 1. The molecule has 0 fully saturated rings. The van der Waals surface area contributed by atoms with E-state index in [1.54, 1.807) is 18.2 Å². The van der Waals surface area contributed by atoms with E-state index in [2.05, 4.69) is 20.9 Å². The van der Waals surface area contributed by atoms with E-state index in [1.165, 1.54) is 14.2 Å². The van der Waals surface area contributed by atoms with E-state index in [0.717, 1.165) is 4.47 Å². The molecule has 0 aliphatic heterocycles. The minimum Gasteiger partial charge on any atom is -0.490 e. The molecule has 1 aromatic carbocycles. The van der Waals surface area contributed by atoms with Gasteiger partial charge in [0, 0.05) is 4.47 Å². The van der Waals surface area contributed by atoms with Crippen LogP contribution in [0.1, 0.15) is 0 Å². The number of hydrogen-bond acceptors (Lipinski definition) is 5. The van der Waals surface area contributed by atoms with Gasteiger partial charge < -0.3 is 9.47 Å². The van der Waals surface area contributed by atoms with Gasteiger partial charge in [0.05, 0.1) is 30.0 Å². The van der Waals surface area contributed by atoms with Crippen molar-refractivity contribution in [3.05, 3.63) is 32.8 Å².